The first kappa shape index (κ1) is 15.5. The van der Waals surface area contributed by atoms with Gasteiger partial charge in [-0.2, -0.15) is 0 Å². The Morgan fingerprint density at radius 3 is 2.42 bits per heavy atom. The molecule has 1 fully saturated rings. The number of carbonyl (C=O) groups excluding carboxylic acids is 2. The van der Waals surface area contributed by atoms with Gasteiger partial charge in [0.1, 0.15) is 6.04 Å². The zero-order chi connectivity index (χ0) is 14.6. The van der Waals surface area contributed by atoms with Gasteiger partial charge < -0.3 is 15.3 Å². The minimum absolute atomic E-state index is 0.00627. The lowest BCUT2D eigenvalue weighted by Crippen LogP contribution is -2.43. The predicted molar refractivity (Wildman–Crippen MR) is 69.4 cm³/mol. The van der Waals surface area contributed by atoms with E-state index in [9.17, 15) is 14.4 Å². The third-order valence-electron chi connectivity index (χ3n) is 3.62. The van der Waals surface area contributed by atoms with Crippen molar-refractivity contribution in [3.8, 4) is 0 Å². The van der Waals surface area contributed by atoms with E-state index >= 15 is 0 Å². The lowest BCUT2D eigenvalue weighted by Gasteiger charge is -2.23. The number of carbonyl (C=O) groups is 3. The normalized spacial score (nSPS) is 22.5. The first-order chi connectivity index (χ1) is 8.88. The van der Waals surface area contributed by atoms with Gasteiger partial charge in [0.15, 0.2) is 0 Å². The van der Waals surface area contributed by atoms with Gasteiger partial charge in [-0.3, -0.25) is 9.59 Å². The third kappa shape index (κ3) is 4.22. The highest BCUT2D eigenvalue weighted by molar-refractivity contribution is 5.84. The summed E-state index contributed by atoms with van der Waals surface area (Å²) < 4.78 is 0. The van der Waals surface area contributed by atoms with Gasteiger partial charge in [0.05, 0.1) is 0 Å². The van der Waals surface area contributed by atoms with Gasteiger partial charge in [-0.1, -0.05) is 13.8 Å². The molecule has 0 saturated heterocycles. The van der Waals surface area contributed by atoms with E-state index in [0.29, 0.717) is 12.3 Å². The number of aliphatic carboxylic acids is 1. The molecule has 0 aromatic carbocycles. The van der Waals surface area contributed by atoms with Crippen LogP contribution in [0.25, 0.3) is 0 Å². The maximum atomic E-state index is 11.8. The molecule has 19 heavy (non-hydrogen) atoms. The maximum Gasteiger partial charge on any atom is 0.326 e. The summed E-state index contributed by atoms with van der Waals surface area (Å²) >= 11 is 0. The number of rotatable bonds is 7. The number of carboxylic acids is 1. The molecule has 0 aromatic heterocycles. The first-order valence-electron chi connectivity index (χ1n) is 6.64. The maximum absolute atomic E-state index is 11.8. The largest absolute Gasteiger partial charge is 0.480 e. The molecular formula is C13H22N2O4. The highest BCUT2D eigenvalue weighted by Crippen LogP contribution is 2.37. The van der Waals surface area contributed by atoms with Crippen LogP contribution in [0.1, 0.15) is 33.1 Å². The molecule has 2 amide bonds. The van der Waals surface area contributed by atoms with Crippen LogP contribution in [0.4, 0.5) is 0 Å². The van der Waals surface area contributed by atoms with Gasteiger partial charge in [0.2, 0.25) is 11.8 Å². The van der Waals surface area contributed by atoms with Crippen molar-refractivity contribution in [2.75, 3.05) is 13.6 Å². The summed E-state index contributed by atoms with van der Waals surface area (Å²) in [5.41, 5.74) is 0. The third-order valence-corrected chi connectivity index (χ3v) is 3.62. The minimum Gasteiger partial charge on any atom is -0.480 e. The SMILES string of the molecule is CCC(C(=O)O)N(C)C(=O)CCNC(=O)C1CC1C. The fraction of sp³-hybridized carbons (Fsp3) is 0.769. The number of amides is 2. The molecule has 0 aliphatic heterocycles. The van der Waals surface area contributed by atoms with Gasteiger partial charge in [0.25, 0.3) is 0 Å². The summed E-state index contributed by atoms with van der Waals surface area (Å²) in [4.78, 5) is 35.5. The van der Waals surface area contributed by atoms with Crippen LogP contribution in [0, 0.1) is 11.8 Å². The highest BCUT2D eigenvalue weighted by atomic mass is 16.4. The summed E-state index contributed by atoms with van der Waals surface area (Å²) in [5, 5.41) is 11.7. The van der Waals surface area contributed by atoms with Gasteiger partial charge in [0, 0.05) is 25.9 Å². The molecule has 0 aromatic rings. The molecule has 3 atom stereocenters. The van der Waals surface area contributed by atoms with E-state index in [1.807, 2.05) is 6.92 Å². The fourth-order valence-electron chi connectivity index (χ4n) is 2.08. The molecule has 1 aliphatic carbocycles. The van der Waals surface area contributed by atoms with E-state index in [0.717, 1.165) is 6.42 Å². The minimum atomic E-state index is -1.01. The van der Waals surface area contributed by atoms with Crippen LogP contribution in [-0.2, 0) is 14.4 Å². The molecule has 108 valence electrons. The van der Waals surface area contributed by atoms with Crippen molar-refractivity contribution in [3.05, 3.63) is 0 Å². The van der Waals surface area contributed by atoms with Crippen molar-refractivity contribution >= 4 is 17.8 Å². The Kier molecular flexibility index (Phi) is 5.32. The Bertz CT molecular complexity index is 370. The topological polar surface area (TPSA) is 86.7 Å². The van der Waals surface area contributed by atoms with E-state index in [1.165, 1.54) is 11.9 Å². The number of hydrogen-bond donors (Lipinski definition) is 2. The second-order valence-electron chi connectivity index (χ2n) is 5.13. The number of nitrogens with zero attached hydrogens (tertiary/aromatic N) is 1. The monoisotopic (exact) mass is 270 g/mol. The van der Waals surface area contributed by atoms with Crippen LogP contribution in [0.2, 0.25) is 0 Å². The number of nitrogens with one attached hydrogen (secondary N) is 1. The Hall–Kier alpha value is -1.59. The molecule has 0 heterocycles. The van der Waals surface area contributed by atoms with Crippen molar-refractivity contribution in [2.24, 2.45) is 11.8 Å². The van der Waals surface area contributed by atoms with Crippen molar-refractivity contribution < 1.29 is 19.5 Å². The lowest BCUT2D eigenvalue weighted by molar-refractivity contribution is -0.149. The van der Waals surface area contributed by atoms with Gasteiger partial charge in [-0.15, -0.1) is 0 Å². The molecule has 0 radical (unpaired) electrons. The molecule has 0 bridgehead atoms. The van der Waals surface area contributed by atoms with E-state index in [2.05, 4.69) is 5.32 Å². The summed E-state index contributed by atoms with van der Waals surface area (Å²) in [7, 11) is 1.48. The fourth-order valence-corrected chi connectivity index (χ4v) is 2.08. The summed E-state index contributed by atoms with van der Waals surface area (Å²) in [6.45, 7) is 4.00. The Labute approximate surface area is 113 Å². The molecule has 0 spiro atoms. The average molecular weight is 270 g/mol. The molecule has 2 N–H and O–H groups in total. The van der Waals surface area contributed by atoms with E-state index in [1.54, 1.807) is 6.92 Å². The van der Waals surface area contributed by atoms with Gasteiger partial charge in [-0.25, -0.2) is 4.79 Å². The van der Waals surface area contributed by atoms with Crippen molar-refractivity contribution in [1.29, 1.82) is 0 Å². The summed E-state index contributed by atoms with van der Waals surface area (Å²) in [6, 6.07) is -0.799. The Morgan fingerprint density at radius 1 is 1.42 bits per heavy atom. The van der Waals surface area contributed by atoms with Crippen molar-refractivity contribution in [3.63, 3.8) is 0 Å². The zero-order valence-corrected chi connectivity index (χ0v) is 11.7. The smallest absolute Gasteiger partial charge is 0.326 e. The average Bonchev–Trinajstić information content (AvgIpc) is 3.06. The molecule has 1 saturated carbocycles. The van der Waals surface area contributed by atoms with Crippen LogP contribution in [-0.4, -0.2) is 47.4 Å². The number of hydrogen-bond acceptors (Lipinski definition) is 3. The van der Waals surface area contributed by atoms with Gasteiger partial charge >= 0.3 is 5.97 Å². The number of likely N-dealkylation sites (N-methyl/N-ethyl adjacent to an activating group) is 1. The van der Waals surface area contributed by atoms with Crippen molar-refractivity contribution in [1.82, 2.24) is 10.2 Å². The molecule has 6 heteroatoms. The van der Waals surface area contributed by atoms with E-state index < -0.39 is 12.0 Å². The predicted octanol–water partition coefficient (Wildman–Crippen LogP) is 0.470. The van der Waals surface area contributed by atoms with Crippen molar-refractivity contribution in [2.45, 2.75) is 39.2 Å². The van der Waals surface area contributed by atoms with Crippen LogP contribution in [0.15, 0.2) is 0 Å². The second-order valence-corrected chi connectivity index (χ2v) is 5.13. The van der Waals surface area contributed by atoms with Gasteiger partial charge in [-0.05, 0) is 18.8 Å². The highest BCUT2D eigenvalue weighted by Gasteiger charge is 2.38. The Balaban J connectivity index is 2.30. The zero-order valence-electron chi connectivity index (χ0n) is 11.7. The van der Waals surface area contributed by atoms with Crippen LogP contribution < -0.4 is 5.32 Å². The lowest BCUT2D eigenvalue weighted by atomic mass is 10.2. The molecule has 6 nitrogen and oxygen atoms in total. The van der Waals surface area contributed by atoms with Crippen LogP contribution >= 0.6 is 0 Å². The Morgan fingerprint density at radius 2 is 2.00 bits per heavy atom. The standard InChI is InChI=1S/C13H22N2O4/c1-4-10(13(18)19)15(3)11(16)5-6-14-12(17)9-7-8(9)2/h8-10H,4-7H2,1-3H3,(H,14,17)(H,18,19). The van der Waals surface area contributed by atoms with E-state index in [4.69, 9.17) is 5.11 Å². The van der Waals surface area contributed by atoms with E-state index in [-0.39, 0.29) is 30.7 Å². The summed E-state index contributed by atoms with van der Waals surface area (Å²) in [6.07, 6.45) is 1.41. The molecule has 1 aliphatic rings. The first-order valence-corrected chi connectivity index (χ1v) is 6.64. The van der Waals surface area contributed by atoms with Crippen LogP contribution in [0.5, 0.6) is 0 Å². The molecule has 3 unspecified atom stereocenters. The second kappa shape index (κ2) is 6.54. The summed E-state index contributed by atoms with van der Waals surface area (Å²) in [5.74, 6) is -0.745. The van der Waals surface area contributed by atoms with Crippen LogP contribution in [0.3, 0.4) is 0 Å². The number of carboxylic acid groups (broad SMARTS) is 1. The molecule has 1 rings (SSSR count). The quantitative estimate of drug-likeness (QED) is 0.704. The molecular weight excluding hydrogens is 248 g/mol.